The molecule has 0 saturated heterocycles. The third-order valence-electron chi connectivity index (χ3n) is 2.86. The van der Waals surface area contributed by atoms with Crippen LogP contribution in [0.5, 0.6) is 5.75 Å². The van der Waals surface area contributed by atoms with Gasteiger partial charge < -0.3 is 14.8 Å². The van der Waals surface area contributed by atoms with E-state index < -0.39 is 0 Å². The summed E-state index contributed by atoms with van der Waals surface area (Å²) >= 11 is 12.0. The molecule has 2 rings (SSSR count). The van der Waals surface area contributed by atoms with Crippen LogP contribution in [0, 0.1) is 0 Å². The van der Waals surface area contributed by atoms with Gasteiger partial charge >= 0.3 is 0 Å². The van der Waals surface area contributed by atoms with Gasteiger partial charge in [-0.15, -0.1) is 0 Å². The molecule has 0 amide bonds. The van der Waals surface area contributed by atoms with Crippen molar-refractivity contribution >= 4 is 28.9 Å². The second kappa shape index (κ2) is 8.13. The molecule has 0 bridgehead atoms. The zero-order chi connectivity index (χ0) is 15.1. The van der Waals surface area contributed by atoms with Gasteiger partial charge in [0.15, 0.2) is 0 Å². The molecule has 0 aromatic heterocycles. The number of hydrogen-bond donors (Lipinski definition) is 1. The van der Waals surface area contributed by atoms with Crippen LogP contribution in [0.1, 0.15) is 5.56 Å². The number of methoxy groups -OCH3 is 1. The van der Waals surface area contributed by atoms with Gasteiger partial charge in [0.05, 0.1) is 6.61 Å². The fourth-order valence-corrected chi connectivity index (χ4v) is 2.40. The van der Waals surface area contributed by atoms with Gasteiger partial charge in [-0.3, -0.25) is 0 Å². The maximum Gasteiger partial charge on any atom is 0.124 e. The van der Waals surface area contributed by atoms with E-state index in [0.29, 0.717) is 29.8 Å². The number of nitrogens with one attached hydrogen (secondary N) is 1. The third-order valence-corrected chi connectivity index (χ3v) is 3.30. The Kier molecular flexibility index (Phi) is 6.18. The van der Waals surface area contributed by atoms with Gasteiger partial charge in [-0.25, -0.2) is 0 Å². The van der Waals surface area contributed by atoms with E-state index in [1.807, 2.05) is 36.4 Å². The van der Waals surface area contributed by atoms with Gasteiger partial charge in [0.25, 0.3) is 0 Å². The Balaban J connectivity index is 2.02. The van der Waals surface area contributed by atoms with Gasteiger partial charge in [-0.2, -0.15) is 0 Å². The van der Waals surface area contributed by atoms with E-state index in [0.717, 1.165) is 17.0 Å². The molecule has 1 N–H and O–H groups in total. The lowest BCUT2D eigenvalue weighted by atomic mass is 10.2. The van der Waals surface area contributed by atoms with Crippen molar-refractivity contribution in [2.75, 3.05) is 25.6 Å². The monoisotopic (exact) mass is 325 g/mol. The number of rotatable bonds is 7. The maximum absolute atomic E-state index is 5.98. The highest BCUT2D eigenvalue weighted by atomic mass is 35.5. The first-order chi connectivity index (χ1) is 10.2. The van der Waals surface area contributed by atoms with E-state index in [1.165, 1.54) is 0 Å². The lowest BCUT2D eigenvalue weighted by Crippen LogP contribution is -2.07. The highest BCUT2D eigenvalue weighted by Gasteiger charge is 2.04. The van der Waals surface area contributed by atoms with E-state index in [4.69, 9.17) is 32.7 Å². The van der Waals surface area contributed by atoms with Crippen molar-refractivity contribution in [3.8, 4) is 5.75 Å². The normalized spacial score (nSPS) is 10.4. The molecule has 0 aliphatic carbocycles. The molecule has 5 heteroatoms. The van der Waals surface area contributed by atoms with Crippen molar-refractivity contribution in [2.45, 2.75) is 6.54 Å². The van der Waals surface area contributed by atoms with Crippen LogP contribution in [0.2, 0.25) is 10.0 Å². The molecule has 0 saturated carbocycles. The maximum atomic E-state index is 5.98. The molecule has 0 spiro atoms. The minimum Gasteiger partial charge on any atom is -0.491 e. The third kappa shape index (κ3) is 5.12. The smallest absolute Gasteiger partial charge is 0.124 e. The number of para-hydroxylation sites is 1. The van der Waals surface area contributed by atoms with Crippen molar-refractivity contribution in [2.24, 2.45) is 0 Å². The summed E-state index contributed by atoms with van der Waals surface area (Å²) in [4.78, 5) is 0. The first kappa shape index (κ1) is 16.0. The Labute approximate surface area is 134 Å². The van der Waals surface area contributed by atoms with Gasteiger partial charge in [0.1, 0.15) is 12.4 Å². The van der Waals surface area contributed by atoms with E-state index in [1.54, 1.807) is 13.2 Å². The SMILES string of the molecule is COCCOc1ccccc1CNc1cc(Cl)cc(Cl)c1. The average molecular weight is 326 g/mol. The molecule has 0 aliphatic heterocycles. The number of hydrogen-bond acceptors (Lipinski definition) is 3. The molecule has 0 atom stereocenters. The highest BCUT2D eigenvalue weighted by Crippen LogP contribution is 2.24. The molecule has 2 aromatic rings. The van der Waals surface area contributed by atoms with E-state index in [2.05, 4.69) is 5.32 Å². The summed E-state index contributed by atoms with van der Waals surface area (Å²) in [5.41, 5.74) is 1.93. The Morgan fingerprint density at radius 3 is 2.43 bits per heavy atom. The van der Waals surface area contributed by atoms with Gasteiger partial charge in [0.2, 0.25) is 0 Å². The first-order valence-corrected chi connectivity index (χ1v) is 7.34. The number of ether oxygens (including phenoxy) is 2. The van der Waals surface area contributed by atoms with Crippen molar-refractivity contribution < 1.29 is 9.47 Å². The quantitative estimate of drug-likeness (QED) is 0.753. The first-order valence-electron chi connectivity index (χ1n) is 6.58. The van der Waals surface area contributed by atoms with Crippen LogP contribution in [0.3, 0.4) is 0 Å². The number of halogens is 2. The molecule has 2 aromatic carbocycles. The van der Waals surface area contributed by atoms with Crippen LogP contribution in [0.4, 0.5) is 5.69 Å². The molecule has 21 heavy (non-hydrogen) atoms. The predicted octanol–water partition coefficient (Wildman–Crippen LogP) is 4.63. The minimum absolute atomic E-state index is 0.524. The predicted molar refractivity (Wildman–Crippen MR) is 87.6 cm³/mol. The number of anilines is 1. The van der Waals surface area contributed by atoms with Gasteiger partial charge in [-0.1, -0.05) is 41.4 Å². The minimum atomic E-state index is 0.524. The van der Waals surface area contributed by atoms with Crippen LogP contribution in [-0.4, -0.2) is 20.3 Å². The van der Waals surface area contributed by atoms with Crippen molar-refractivity contribution in [3.05, 3.63) is 58.1 Å². The van der Waals surface area contributed by atoms with Crippen molar-refractivity contribution in [1.29, 1.82) is 0 Å². The number of benzene rings is 2. The van der Waals surface area contributed by atoms with Crippen LogP contribution in [0.15, 0.2) is 42.5 Å². The summed E-state index contributed by atoms with van der Waals surface area (Å²) in [6.07, 6.45) is 0. The van der Waals surface area contributed by atoms with Crippen molar-refractivity contribution in [1.82, 2.24) is 0 Å². The molecule has 0 fully saturated rings. The Hall–Kier alpha value is -1.42. The summed E-state index contributed by atoms with van der Waals surface area (Å²) in [6.45, 7) is 1.71. The lowest BCUT2D eigenvalue weighted by Gasteiger charge is -2.13. The molecule has 0 radical (unpaired) electrons. The summed E-state index contributed by atoms with van der Waals surface area (Å²) in [6, 6.07) is 13.3. The lowest BCUT2D eigenvalue weighted by molar-refractivity contribution is 0.146. The second-order valence-corrected chi connectivity index (χ2v) is 5.33. The summed E-state index contributed by atoms with van der Waals surface area (Å²) < 4.78 is 10.7. The standard InChI is InChI=1S/C16H17Cl2NO2/c1-20-6-7-21-16-5-3-2-4-12(16)11-19-15-9-13(17)8-14(18)10-15/h2-5,8-10,19H,6-7,11H2,1H3. The molecule has 112 valence electrons. The second-order valence-electron chi connectivity index (χ2n) is 4.46. The molecular weight excluding hydrogens is 309 g/mol. The van der Waals surface area contributed by atoms with Gasteiger partial charge in [-0.05, 0) is 24.3 Å². The van der Waals surface area contributed by atoms with E-state index in [9.17, 15) is 0 Å². The molecular formula is C16H17Cl2NO2. The van der Waals surface area contributed by atoms with Crippen molar-refractivity contribution in [3.63, 3.8) is 0 Å². The Morgan fingerprint density at radius 2 is 1.71 bits per heavy atom. The summed E-state index contributed by atoms with van der Waals surface area (Å²) in [5.74, 6) is 0.843. The van der Waals surface area contributed by atoms with E-state index >= 15 is 0 Å². The molecule has 0 unspecified atom stereocenters. The fourth-order valence-electron chi connectivity index (χ4n) is 1.88. The molecule has 0 aliphatic rings. The fraction of sp³-hybridized carbons (Fsp3) is 0.250. The van der Waals surface area contributed by atoms with Crippen LogP contribution in [-0.2, 0) is 11.3 Å². The summed E-state index contributed by atoms with van der Waals surface area (Å²) in [7, 11) is 1.65. The topological polar surface area (TPSA) is 30.5 Å². The zero-order valence-corrected chi connectivity index (χ0v) is 13.2. The van der Waals surface area contributed by atoms with Crippen LogP contribution < -0.4 is 10.1 Å². The molecule has 0 heterocycles. The van der Waals surface area contributed by atoms with E-state index in [-0.39, 0.29) is 0 Å². The zero-order valence-electron chi connectivity index (χ0n) is 11.7. The summed E-state index contributed by atoms with van der Waals surface area (Å²) in [5, 5.41) is 4.51. The van der Waals surface area contributed by atoms with Gasteiger partial charge in [0, 0.05) is 35.0 Å². The average Bonchev–Trinajstić information content (AvgIpc) is 2.45. The highest BCUT2D eigenvalue weighted by molar-refractivity contribution is 6.35. The van der Waals surface area contributed by atoms with Crippen LogP contribution >= 0.6 is 23.2 Å². The Bertz CT molecular complexity index is 570. The molecule has 3 nitrogen and oxygen atoms in total. The Morgan fingerprint density at radius 1 is 1.00 bits per heavy atom. The van der Waals surface area contributed by atoms with Crippen LogP contribution in [0.25, 0.3) is 0 Å². The largest absolute Gasteiger partial charge is 0.491 e.